The number of benzene rings is 1. The molecule has 1 aromatic heterocycles. The number of methoxy groups -OCH3 is 1. The number of ether oxygens (including phenoxy) is 1. The van der Waals surface area contributed by atoms with Crippen LogP contribution in [-0.2, 0) is 19.9 Å². The summed E-state index contributed by atoms with van der Waals surface area (Å²) < 4.78 is 7.26. The number of nitrogens with zero attached hydrogens (tertiary/aromatic N) is 2. The van der Waals surface area contributed by atoms with Gasteiger partial charge in [0.15, 0.2) is 0 Å². The van der Waals surface area contributed by atoms with Gasteiger partial charge in [-0.05, 0) is 62.5 Å². The molecule has 0 fully saturated rings. The molecule has 2 rings (SSSR count). The zero-order chi connectivity index (χ0) is 15.1. The Kier molecular flexibility index (Phi) is 5.81. The molecule has 1 heterocycles. The standard InChI is InChI=1S/C17H25N3O/c1-18-13-15(7-8-16-9-10-19-20(16)2)11-14-5-4-6-17(12-14)21-3/h4-6,9-10,12,15,18H,7-8,11,13H2,1-3H3. The van der Waals surface area contributed by atoms with Gasteiger partial charge in [-0.1, -0.05) is 12.1 Å². The van der Waals surface area contributed by atoms with Crippen molar-refractivity contribution in [1.82, 2.24) is 15.1 Å². The van der Waals surface area contributed by atoms with Crippen LogP contribution in [-0.4, -0.2) is 30.5 Å². The normalized spacial score (nSPS) is 12.3. The van der Waals surface area contributed by atoms with E-state index in [0.29, 0.717) is 5.92 Å². The molecule has 1 unspecified atom stereocenters. The van der Waals surface area contributed by atoms with Gasteiger partial charge in [0.2, 0.25) is 0 Å². The Labute approximate surface area is 127 Å². The Hall–Kier alpha value is -1.81. The van der Waals surface area contributed by atoms with Crippen LogP contribution in [0.5, 0.6) is 5.75 Å². The quantitative estimate of drug-likeness (QED) is 0.810. The lowest BCUT2D eigenvalue weighted by molar-refractivity contribution is 0.412. The smallest absolute Gasteiger partial charge is 0.119 e. The first-order chi connectivity index (χ1) is 10.2. The molecule has 1 atom stereocenters. The van der Waals surface area contributed by atoms with Gasteiger partial charge in [-0.15, -0.1) is 0 Å². The fourth-order valence-electron chi connectivity index (χ4n) is 2.70. The Balaban J connectivity index is 1.96. The second-order valence-corrected chi connectivity index (χ2v) is 5.46. The van der Waals surface area contributed by atoms with Crippen LogP contribution in [0.4, 0.5) is 0 Å². The second kappa shape index (κ2) is 7.84. The molecular weight excluding hydrogens is 262 g/mol. The van der Waals surface area contributed by atoms with E-state index in [1.807, 2.05) is 31.0 Å². The number of hydrogen-bond acceptors (Lipinski definition) is 3. The van der Waals surface area contributed by atoms with Crippen molar-refractivity contribution < 1.29 is 4.74 Å². The number of aryl methyl sites for hydroxylation is 2. The van der Waals surface area contributed by atoms with Crippen LogP contribution in [0.1, 0.15) is 17.7 Å². The zero-order valence-corrected chi connectivity index (χ0v) is 13.2. The molecule has 0 aliphatic carbocycles. The van der Waals surface area contributed by atoms with E-state index < -0.39 is 0 Å². The molecule has 1 aromatic carbocycles. The SMILES string of the molecule is CNCC(CCc1ccnn1C)Cc1cccc(OC)c1. The fraction of sp³-hybridized carbons (Fsp3) is 0.471. The summed E-state index contributed by atoms with van der Waals surface area (Å²) in [4.78, 5) is 0. The van der Waals surface area contributed by atoms with Gasteiger partial charge in [-0.2, -0.15) is 5.10 Å². The summed E-state index contributed by atoms with van der Waals surface area (Å²) in [7, 11) is 5.74. The maximum Gasteiger partial charge on any atom is 0.119 e. The monoisotopic (exact) mass is 287 g/mol. The Bertz CT molecular complexity index is 550. The third kappa shape index (κ3) is 4.60. The maximum absolute atomic E-state index is 5.30. The average molecular weight is 287 g/mol. The molecule has 0 bridgehead atoms. The van der Waals surface area contributed by atoms with Crippen molar-refractivity contribution in [2.45, 2.75) is 19.3 Å². The van der Waals surface area contributed by atoms with E-state index in [2.05, 4.69) is 34.7 Å². The van der Waals surface area contributed by atoms with Crippen LogP contribution in [0.15, 0.2) is 36.5 Å². The minimum Gasteiger partial charge on any atom is -0.497 e. The summed E-state index contributed by atoms with van der Waals surface area (Å²) in [6.45, 7) is 1.02. The Morgan fingerprint density at radius 1 is 1.33 bits per heavy atom. The van der Waals surface area contributed by atoms with Crippen molar-refractivity contribution in [2.24, 2.45) is 13.0 Å². The van der Waals surface area contributed by atoms with Crippen LogP contribution in [0, 0.1) is 5.92 Å². The maximum atomic E-state index is 5.30. The van der Waals surface area contributed by atoms with Gasteiger partial charge in [-0.25, -0.2) is 0 Å². The molecule has 4 heteroatoms. The van der Waals surface area contributed by atoms with E-state index in [1.165, 1.54) is 11.3 Å². The predicted molar refractivity (Wildman–Crippen MR) is 85.6 cm³/mol. The lowest BCUT2D eigenvalue weighted by Crippen LogP contribution is -2.21. The molecule has 0 aliphatic rings. The molecule has 1 N–H and O–H groups in total. The van der Waals surface area contributed by atoms with Crippen molar-refractivity contribution in [3.8, 4) is 5.75 Å². The zero-order valence-electron chi connectivity index (χ0n) is 13.2. The van der Waals surface area contributed by atoms with Crippen LogP contribution in [0.2, 0.25) is 0 Å². The molecule has 4 nitrogen and oxygen atoms in total. The molecule has 0 saturated heterocycles. The summed E-state index contributed by atoms with van der Waals surface area (Å²) in [6, 6.07) is 10.5. The van der Waals surface area contributed by atoms with Gasteiger partial charge in [-0.3, -0.25) is 4.68 Å². The van der Waals surface area contributed by atoms with Crippen molar-refractivity contribution in [1.29, 1.82) is 0 Å². The van der Waals surface area contributed by atoms with E-state index in [-0.39, 0.29) is 0 Å². The number of aromatic nitrogens is 2. The fourth-order valence-corrected chi connectivity index (χ4v) is 2.70. The van der Waals surface area contributed by atoms with Crippen molar-refractivity contribution in [2.75, 3.05) is 20.7 Å². The molecular formula is C17H25N3O. The van der Waals surface area contributed by atoms with Crippen LogP contribution in [0.25, 0.3) is 0 Å². The van der Waals surface area contributed by atoms with E-state index in [1.54, 1.807) is 7.11 Å². The predicted octanol–water partition coefficient (Wildman–Crippen LogP) is 2.44. The van der Waals surface area contributed by atoms with Crippen molar-refractivity contribution in [3.05, 3.63) is 47.8 Å². The van der Waals surface area contributed by atoms with Crippen LogP contribution in [0.3, 0.4) is 0 Å². The summed E-state index contributed by atoms with van der Waals surface area (Å²) >= 11 is 0. The number of rotatable bonds is 8. The van der Waals surface area contributed by atoms with Crippen LogP contribution >= 0.6 is 0 Å². The lowest BCUT2D eigenvalue weighted by atomic mass is 9.94. The molecule has 0 amide bonds. The van der Waals surface area contributed by atoms with Gasteiger partial charge in [0.25, 0.3) is 0 Å². The first kappa shape index (κ1) is 15.6. The highest BCUT2D eigenvalue weighted by atomic mass is 16.5. The van der Waals surface area contributed by atoms with Crippen molar-refractivity contribution in [3.63, 3.8) is 0 Å². The molecule has 21 heavy (non-hydrogen) atoms. The largest absolute Gasteiger partial charge is 0.497 e. The van der Waals surface area contributed by atoms with Gasteiger partial charge in [0.1, 0.15) is 5.75 Å². The highest BCUT2D eigenvalue weighted by Crippen LogP contribution is 2.19. The number of hydrogen-bond donors (Lipinski definition) is 1. The lowest BCUT2D eigenvalue weighted by Gasteiger charge is -2.17. The topological polar surface area (TPSA) is 39.1 Å². The average Bonchev–Trinajstić information content (AvgIpc) is 2.90. The van der Waals surface area contributed by atoms with Crippen molar-refractivity contribution >= 4 is 0 Å². The third-order valence-corrected chi connectivity index (χ3v) is 3.88. The minimum atomic E-state index is 0.608. The first-order valence-corrected chi connectivity index (χ1v) is 7.47. The molecule has 114 valence electrons. The summed E-state index contributed by atoms with van der Waals surface area (Å²) in [5.41, 5.74) is 2.63. The molecule has 2 aromatic rings. The van der Waals surface area contributed by atoms with Gasteiger partial charge in [0, 0.05) is 18.9 Å². The molecule has 0 radical (unpaired) electrons. The van der Waals surface area contributed by atoms with E-state index in [9.17, 15) is 0 Å². The molecule has 0 saturated carbocycles. The summed E-state index contributed by atoms with van der Waals surface area (Å²) in [6.07, 6.45) is 5.14. The number of nitrogens with one attached hydrogen (secondary N) is 1. The van der Waals surface area contributed by atoms with E-state index in [0.717, 1.165) is 31.6 Å². The highest BCUT2D eigenvalue weighted by molar-refractivity contribution is 5.28. The summed E-state index contributed by atoms with van der Waals surface area (Å²) in [5, 5.41) is 7.54. The molecule has 0 aliphatic heterocycles. The van der Waals surface area contributed by atoms with E-state index in [4.69, 9.17) is 4.74 Å². The van der Waals surface area contributed by atoms with Gasteiger partial charge >= 0.3 is 0 Å². The second-order valence-electron chi connectivity index (χ2n) is 5.46. The highest BCUT2D eigenvalue weighted by Gasteiger charge is 2.11. The minimum absolute atomic E-state index is 0.608. The van der Waals surface area contributed by atoms with Crippen LogP contribution < -0.4 is 10.1 Å². The van der Waals surface area contributed by atoms with E-state index >= 15 is 0 Å². The van der Waals surface area contributed by atoms with Gasteiger partial charge in [0.05, 0.1) is 7.11 Å². The Morgan fingerprint density at radius 3 is 2.86 bits per heavy atom. The molecule has 0 spiro atoms. The Morgan fingerprint density at radius 2 is 2.19 bits per heavy atom. The first-order valence-electron chi connectivity index (χ1n) is 7.47. The third-order valence-electron chi connectivity index (χ3n) is 3.88. The summed E-state index contributed by atoms with van der Waals surface area (Å²) in [5.74, 6) is 1.54. The van der Waals surface area contributed by atoms with Gasteiger partial charge < -0.3 is 10.1 Å².